The molecule has 1 aromatic carbocycles. The predicted molar refractivity (Wildman–Crippen MR) is 80.6 cm³/mol. The minimum Gasteiger partial charge on any atom is -0.208 e. The van der Waals surface area contributed by atoms with Crippen LogP contribution in [0.15, 0.2) is 27.6 Å². The molecule has 0 radical (unpaired) electrons. The molecule has 0 aliphatic heterocycles. The van der Waals surface area contributed by atoms with Crippen molar-refractivity contribution >= 4 is 26.0 Å². The fourth-order valence-corrected chi connectivity index (χ4v) is 4.68. The van der Waals surface area contributed by atoms with Gasteiger partial charge in [0.2, 0.25) is 10.0 Å². The van der Waals surface area contributed by atoms with Crippen molar-refractivity contribution in [3.8, 4) is 0 Å². The van der Waals surface area contributed by atoms with Crippen molar-refractivity contribution in [2.75, 3.05) is 0 Å². The summed E-state index contributed by atoms with van der Waals surface area (Å²) in [6, 6.07) is 5.36. The van der Waals surface area contributed by atoms with Gasteiger partial charge in [-0.1, -0.05) is 25.8 Å². The van der Waals surface area contributed by atoms with Gasteiger partial charge in [0.15, 0.2) is 0 Å². The smallest absolute Gasteiger partial charge is 0.208 e. The maximum Gasteiger partial charge on any atom is 0.241 e. The highest BCUT2D eigenvalue weighted by Gasteiger charge is 2.28. The molecule has 2 rings (SSSR count). The Bertz CT molecular complexity index is 553. The molecule has 3 nitrogen and oxygen atoms in total. The first-order valence-corrected chi connectivity index (χ1v) is 8.98. The minimum absolute atomic E-state index is 0.0469. The van der Waals surface area contributed by atoms with Gasteiger partial charge in [0.05, 0.1) is 4.90 Å². The molecule has 5 heteroatoms. The summed E-state index contributed by atoms with van der Waals surface area (Å²) in [6.45, 7) is 3.97. The van der Waals surface area contributed by atoms with Gasteiger partial charge in [-0.05, 0) is 59.3 Å². The Morgan fingerprint density at radius 3 is 2.63 bits per heavy atom. The van der Waals surface area contributed by atoms with E-state index in [1.54, 1.807) is 6.07 Å². The molecule has 0 amide bonds. The monoisotopic (exact) mass is 345 g/mol. The van der Waals surface area contributed by atoms with E-state index in [0.29, 0.717) is 15.3 Å². The zero-order valence-electron chi connectivity index (χ0n) is 11.3. The van der Waals surface area contributed by atoms with Crippen LogP contribution in [0.4, 0.5) is 0 Å². The van der Waals surface area contributed by atoms with Gasteiger partial charge in [0, 0.05) is 10.5 Å². The average molecular weight is 346 g/mol. The van der Waals surface area contributed by atoms with Crippen LogP contribution in [0.3, 0.4) is 0 Å². The second-order valence-electron chi connectivity index (χ2n) is 5.34. The van der Waals surface area contributed by atoms with Crippen LogP contribution >= 0.6 is 15.9 Å². The topological polar surface area (TPSA) is 46.2 Å². The van der Waals surface area contributed by atoms with Crippen LogP contribution in [-0.2, 0) is 10.0 Å². The number of benzene rings is 1. The molecule has 19 heavy (non-hydrogen) atoms. The van der Waals surface area contributed by atoms with Crippen molar-refractivity contribution in [1.82, 2.24) is 4.72 Å². The summed E-state index contributed by atoms with van der Waals surface area (Å²) in [5.74, 6) is 0.717. The number of sulfonamides is 1. The Morgan fingerprint density at radius 1 is 1.42 bits per heavy atom. The second kappa shape index (κ2) is 5.94. The largest absolute Gasteiger partial charge is 0.241 e. The standard InChI is InChI=1S/C14H20BrNO2S/c1-3-12(9-11-5-6-11)16-19(17,18)14-7-4-10(2)8-13(14)15/h4,7-8,11-12,16H,3,5-6,9H2,1-2H3. The van der Waals surface area contributed by atoms with Crippen LogP contribution in [0.1, 0.15) is 38.2 Å². The van der Waals surface area contributed by atoms with Gasteiger partial charge in [-0.15, -0.1) is 0 Å². The number of rotatable bonds is 6. The summed E-state index contributed by atoms with van der Waals surface area (Å²) in [5.41, 5.74) is 1.04. The van der Waals surface area contributed by atoms with Crippen molar-refractivity contribution in [3.05, 3.63) is 28.2 Å². The summed E-state index contributed by atoms with van der Waals surface area (Å²) in [5, 5.41) is 0. The van der Waals surface area contributed by atoms with Crippen LogP contribution in [-0.4, -0.2) is 14.5 Å². The van der Waals surface area contributed by atoms with E-state index in [1.807, 2.05) is 26.0 Å². The molecular formula is C14H20BrNO2S. The van der Waals surface area contributed by atoms with Gasteiger partial charge in [0.1, 0.15) is 0 Å². The van der Waals surface area contributed by atoms with Crippen LogP contribution in [0, 0.1) is 12.8 Å². The van der Waals surface area contributed by atoms with Gasteiger partial charge in [0.25, 0.3) is 0 Å². The fourth-order valence-electron chi connectivity index (χ4n) is 2.16. The van der Waals surface area contributed by atoms with Gasteiger partial charge in [-0.3, -0.25) is 0 Å². The number of hydrogen-bond acceptors (Lipinski definition) is 2. The van der Waals surface area contributed by atoms with Crippen LogP contribution in [0.2, 0.25) is 0 Å². The number of nitrogens with one attached hydrogen (secondary N) is 1. The van der Waals surface area contributed by atoms with Crippen molar-refractivity contribution < 1.29 is 8.42 Å². The Hall–Kier alpha value is -0.390. The minimum atomic E-state index is -3.43. The van der Waals surface area contributed by atoms with Crippen molar-refractivity contribution in [3.63, 3.8) is 0 Å². The van der Waals surface area contributed by atoms with Gasteiger partial charge in [-0.25, -0.2) is 13.1 Å². The molecular weight excluding hydrogens is 326 g/mol. The number of halogens is 1. The van der Waals surface area contributed by atoms with Crippen molar-refractivity contribution in [2.45, 2.75) is 50.5 Å². The molecule has 0 bridgehead atoms. The molecule has 1 unspecified atom stereocenters. The molecule has 106 valence electrons. The molecule has 1 saturated carbocycles. The first kappa shape index (κ1) is 15.0. The van der Waals surface area contributed by atoms with Crippen molar-refractivity contribution in [2.24, 2.45) is 5.92 Å². The Kier molecular flexibility index (Phi) is 4.69. The van der Waals surface area contributed by atoms with Crippen molar-refractivity contribution in [1.29, 1.82) is 0 Å². The molecule has 1 fully saturated rings. The van der Waals surface area contributed by atoms with Gasteiger partial charge in [-0.2, -0.15) is 0 Å². The lowest BCUT2D eigenvalue weighted by Gasteiger charge is -2.17. The third-order valence-corrected chi connectivity index (χ3v) is 6.00. The molecule has 0 heterocycles. The molecule has 1 aliphatic carbocycles. The molecule has 0 saturated heterocycles. The van der Waals surface area contributed by atoms with E-state index in [-0.39, 0.29) is 6.04 Å². The van der Waals surface area contributed by atoms with E-state index < -0.39 is 10.0 Å². The Morgan fingerprint density at radius 2 is 2.11 bits per heavy atom. The molecule has 0 spiro atoms. The molecule has 1 N–H and O–H groups in total. The normalized spacial score (nSPS) is 17.4. The Balaban J connectivity index is 2.15. The van der Waals surface area contributed by atoms with E-state index in [4.69, 9.17) is 0 Å². The SMILES string of the molecule is CCC(CC1CC1)NS(=O)(=O)c1ccc(C)cc1Br. The summed E-state index contributed by atoms with van der Waals surface area (Å²) < 4.78 is 28.2. The van der Waals surface area contributed by atoms with Crippen LogP contribution in [0.5, 0.6) is 0 Å². The summed E-state index contributed by atoms with van der Waals surface area (Å²) in [7, 11) is -3.43. The lowest BCUT2D eigenvalue weighted by Crippen LogP contribution is -2.34. The van der Waals surface area contributed by atoms with E-state index in [0.717, 1.165) is 18.4 Å². The van der Waals surface area contributed by atoms with E-state index in [2.05, 4.69) is 20.7 Å². The summed E-state index contributed by atoms with van der Waals surface area (Å²) >= 11 is 3.34. The third kappa shape index (κ3) is 4.04. The highest BCUT2D eigenvalue weighted by atomic mass is 79.9. The summed E-state index contributed by atoms with van der Waals surface area (Å²) in [4.78, 5) is 0.326. The zero-order valence-corrected chi connectivity index (χ0v) is 13.7. The van der Waals surface area contributed by atoms with Crippen LogP contribution in [0.25, 0.3) is 0 Å². The average Bonchev–Trinajstić information content (AvgIpc) is 3.11. The maximum atomic E-state index is 12.4. The Labute approximate surface area is 124 Å². The quantitative estimate of drug-likeness (QED) is 0.855. The predicted octanol–water partition coefficient (Wildman–Crippen LogP) is 3.61. The third-order valence-electron chi connectivity index (χ3n) is 3.51. The molecule has 1 aliphatic rings. The lowest BCUT2D eigenvalue weighted by atomic mass is 10.1. The molecule has 0 aromatic heterocycles. The lowest BCUT2D eigenvalue weighted by molar-refractivity contribution is 0.495. The zero-order chi connectivity index (χ0) is 14.0. The number of aryl methyl sites for hydroxylation is 1. The fraction of sp³-hybridized carbons (Fsp3) is 0.571. The van der Waals surface area contributed by atoms with E-state index >= 15 is 0 Å². The van der Waals surface area contributed by atoms with Crippen LogP contribution < -0.4 is 4.72 Å². The van der Waals surface area contributed by atoms with Gasteiger partial charge < -0.3 is 0 Å². The highest BCUT2D eigenvalue weighted by Crippen LogP contribution is 2.34. The first-order valence-electron chi connectivity index (χ1n) is 6.71. The summed E-state index contributed by atoms with van der Waals surface area (Å²) in [6.07, 6.45) is 4.28. The van der Waals surface area contributed by atoms with E-state index in [9.17, 15) is 8.42 Å². The van der Waals surface area contributed by atoms with E-state index in [1.165, 1.54) is 12.8 Å². The van der Waals surface area contributed by atoms with Gasteiger partial charge >= 0.3 is 0 Å². The second-order valence-corrected chi connectivity index (χ2v) is 7.88. The molecule has 1 aromatic rings. The first-order chi connectivity index (χ1) is 8.92. The maximum absolute atomic E-state index is 12.4. The highest BCUT2D eigenvalue weighted by molar-refractivity contribution is 9.10. The molecule has 1 atom stereocenters. The number of hydrogen-bond donors (Lipinski definition) is 1.